The van der Waals surface area contributed by atoms with Crippen molar-refractivity contribution in [2.45, 2.75) is 44.9 Å². The molecule has 3 heterocycles. The van der Waals surface area contributed by atoms with Crippen LogP contribution >= 0.6 is 0 Å². The standard InChI is InChI=1S/C30H31N5O/c1-20(2)27-9-12-32-30(33-27)35-13-10-23(11-14-35)26-19-34(3)28-8-7-21(16-25(26)28)17-29(36)24-6-4-5-22(15-24)18-31/h4-9,12,15-16,19-20,23H,10-11,13-14,17H2,1-3H3. The second-order valence-corrected chi connectivity index (χ2v) is 10.0. The molecule has 1 saturated heterocycles. The van der Waals surface area contributed by atoms with Gasteiger partial charge in [-0.15, -0.1) is 0 Å². The van der Waals surface area contributed by atoms with Gasteiger partial charge in [0, 0.05) is 61.1 Å². The van der Waals surface area contributed by atoms with E-state index in [0.29, 0.717) is 29.4 Å². The molecular weight excluding hydrogens is 446 g/mol. The molecule has 0 unspecified atom stereocenters. The Kier molecular flexibility index (Phi) is 6.56. The van der Waals surface area contributed by atoms with Gasteiger partial charge in [0.1, 0.15) is 0 Å². The highest BCUT2D eigenvalue weighted by molar-refractivity contribution is 5.98. The highest BCUT2D eigenvalue weighted by atomic mass is 16.1. The number of fused-ring (bicyclic) bond motifs is 1. The Morgan fingerprint density at radius 1 is 1.14 bits per heavy atom. The van der Waals surface area contributed by atoms with Gasteiger partial charge in [0.25, 0.3) is 0 Å². The third-order valence-corrected chi connectivity index (χ3v) is 7.24. The highest BCUT2D eigenvalue weighted by Gasteiger charge is 2.25. The minimum atomic E-state index is 0.0286. The van der Waals surface area contributed by atoms with Crippen LogP contribution in [0.15, 0.2) is 60.9 Å². The van der Waals surface area contributed by atoms with Crippen molar-refractivity contribution in [3.63, 3.8) is 0 Å². The second kappa shape index (κ2) is 9.94. The average molecular weight is 478 g/mol. The number of aryl methyl sites for hydroxylation is 1. The van der Waals surface area contributed by atoms with Gasteiger partial charge in [-0.05, 0) is 66.1 Å². The van der Waals surface area contributed by atoms with Crippen LogP contribution in [0, 0.1) is 11.3 Å². The van der Waals surface area contributed by atoms with E-state index in [4.69, 9.17) is 10.2 Å². The van der Waals surface area contributed by atoms with Gasteiger partial charge < -0.3 is 9.47 Å². The lowest BCUT2D eigenvalue weighted by molar-refractivity contribution is 0.0993. The predicted molar refractivity (Wildman–Crippen MR) is 142 cm³/mol. The zero-order chi connectivity index (χ0) is 25.2. The number of benzene rings is 2. The van der Waals surface area contributed by atoms with E-state index in [0.717, 1.165) is 43.1 Å². The van der Waals surface area contributed by atoms with Gasteiger partial charge >= 0.3 is 0 Å². The molecule has 0 radical (unpaired) electrons. The van der Waals surface area contributed by atoms with Gasteiger partial charge in [-0.1, -0.05) is 32.0 Å². The quantitative estimate of drug-likeness (QED) is 0.330. The van der Waals surface area contributed by atoms with E-state index in [-0.39, 0.29) is 5.78 Å². The van der Waals surface area contributed by atoms with Crippen molar-refractivity contribution in [3.05, 3.63) is 88.9 Å². The Morgan fingerprint density at radius 3 is 2.69 bits per heavy atom. The summed E-state index contributed by atoms with van der Waals surface area (Å²) in [6.07, 6.45) is 6.52. The summed E-state index contributed by atoms with van der Waals surface area (Å²) in [5, 5.41) is 10.4. The SMILES string of the molecule is CC(C)c1ccnc(N2CCC(c3cn(C)c4ccc(CC(=O)c5cccc(C#N)c5)cc34)CC2)n1. The first-order valence-electron chi connectivity index (χ1n) is 12.6. The van der Waals surface area contributed by atoms with E-state index in [1.807, 2.05) is 18.3 Å². The molecular formula is C30H31N5O. The molecule has 36 heavy (non-hydrogen) atoms. The van der Waals surface area contributed by atoms with E-state index >= 15 is 0 Å². The first-order valence-corrected chi connectivity index (χ1v) is 12.6. The van der Waals surface area contributed by atoms with Gasteiger partial charge in [-0.25, -0.2) is 9.97 Å². The summed E-state index contributed by atoms with van der Waals surface area (Å²) < 4.78 is 2.19. The molecule has 5 rings (SSSR count). The van der Waals surface area contributed by atoms with Gasteiger partial charge in [-0.3, -0.25) is 4.79 Å². The summed E-state index contributed by atoms with van der Waals surface area (Å²) in [7, 11) is 2.09. The lowest BCUT2D eigenvalue weighted by Crippen LogP contribution is -2.34. The molecule has 0 atom stereocenters. The second-order valence-electron chi connectivity index (χ2n) is 10.0. The molecule has 0 aliphatic carbocycles. The average Bonchev–Trinajstić information content (AvgIpc) is 3.24. The molecule has 6 heteroatoms. The molecule has 4 aromatic rings. The Balaban J connectivity index is 1.34. The number of anilines is 1. The summed E-state index contributed by atoms with van der Waals surface area (Å²) in [6, 6.07) is 17.4. The van der Waals surface area contributed by atoms with Crippen LogP contribution in [0.4, 0.5) is 5.95 Å². The van der Waals surface area contributed by atoms with E-state index in [1.165, 1.54) is 16.5 Å². The number of hydrogen-bond acceptors (Lipinski definition) is 5. The summed E-state index contributed by atoms with van der Waals surface area (Å²) in [5.41, 5.74) is 5.71. The number of piperidine rings is 1. The lowest BCUT2D eigenvalue weighted by atomic mass is 9.88. The number of ketones is 1. The van der Waals surface area contributed by atoms with Crippen molar-refractivity contribution in [3.8, 4) is 6.07 Å². The molecule has 0 spiro atoms. The normalized spacial score (nSPS) is 14.4. The summed E-state index contributed by atoms with van der Waals surface area (Å²) in [4.78, 5) is 24.5. The van der Waals surface area contributed by atoms with Crippen LogP contribution in [-0.2, 0) is 13.5 Å². The Hall–Kier alpha value is -3.98. The maximum absolute atomic E-state index is 12.9. The molecule has 182 valence electrons. The number of hydrogen-bond donors (Lipinski definition) is 0. The van der Waals surface area contributed by atoms with Crippen LogP contribution in [-0.4, -0.2) is 33.4 Å². The first-order chi connectivity index (χ1) is 17.4. The van der Waals surface area contributed by atoms with Crippen LogP contribution in [0.25, 0.3) is 10.9 Å². The molecule has 1 aliphatic heterocycles. The van der Waals surface area contributed by atoms with Gasteiger partial charge in [0.15, 0.2) is 5.78 Å². The van der Waals surface area contributed by atoms with E-state index in [9.17, 15) is 4.79 Å². The van der Waals surface area contributed by atoms with Gasteiger partial charge in [0.05, 0.1) is 11.6 Å². The molecule has 0 amide bonds. The molecule has 1 fully saturated rings. The van der Waals surface area contributed by atoms with Crippen LogP contribution in [0.1, 0.15) is 71.3 Å². The molecule has 2 aromatic heterocycles. The molecule has 1 aliphatic rings. The lowest BCUT2D eigenvalue weighted by Gasteiger charge is -2.32. The zero-order valence-corrected chi connectivity index (χ0v) is 21.1. The fourth-order valence-electron chi connectivity index (χ4n) is 5.18. The van der Waals surface area contributed by atoms with E-state index in [2.05, 4.69) is 59.7 Å². The Labute approximate surface area is 212 Å². The first kappa shape index (κ1) is 23.7. The summed E-state index contributed by atoms with van der Waals surface area (Å²) in [5.74, 6) is 1.70. The third kappa shape index (κ3) is 4.74. The van der Waals surface area contributed by atoms with Crippen molar-refractivity contribution in [1.29, 1.82) is 5.26 Å². The topological polar surface area (TPSA) is 74.8 Å². The zero-order valence-electron chi connectivity index (χ0n) is 21.1. The maximum Gasteiger partial charge on any atom is 0.225 e. The molecule has 2 aromatic carbocycles. The number of nitriles is 1. The fourth-order valence-corrected chi connectivity index (χ4v) is 5.18. The third-order valence-electron chi connectivity index (χ3n) is 7.24. The molecule has 6 nitrogen and oxygen atoms in total. The highest BCUT2D eigenvalue weighted by Crippen LogP contribution is 2.35. The fraction of sp³-hybridized carbons (Fsp3) is 0.333. The molecule has 0 bridgehead atoms. The minimum absolute atomic E-state index is 0.0286. The van der Waals surface area contributed by atoms with Crippen LogP contribution in [0.5, 0.6) is 0 Å². The maximum atomic E-state index is 12.9. The van der Waals surface area contributed by atoms with Crippen LogP contribution in [0.2, 0.25) is 0 Å². The molecule has 0 N–H and O–H groups in total. The minimum Gasteiger partial charge on any atom is -0.350 e. The van der Waals surface area contributed by atoms with Crippen LogP contribution < -0.4 is 4.90 Å². The number of nitrogens with zero attached hydrogens (tertiary/aromatic N) is 5. The Bertz CT molecular complexity index is 1450. The van der Waals surface area contributed by atoms with Crippen molar-refractivity contribution < 1.29 is 4.79 Å². The smallest absolute Gasteiger partial charge is 0.225 e. The number of aromatic nitrogens is 3. The number of Topliss-reactive ketones (excluding diaryl/α,β-unsaturated/α-hetero) is 1. The van der Waals surface area contributed by atoms with Crippen molar-refractivity contribution >= 4 is 22.6 Å². The number of carbonyl (C=O) groups excluding carboxylic acids is 1. The van der Waals surface area contributed by atoms with E-state index < -0.39 is 0 Å². The number of carbonyl (C=O) groups is 1. The van der Waals surface area contributed by atoms with Crippen molar-refractivity contribution in [2.24, 2.45) is 7.05 Å². The molecule has 0 saturated carbocycles. The monoisotopic (exact) mass is 477 g/mol. The van der Waals surface area contributed by atoms with Gasteiger partial charge in [0.2, 0.25) is 5.95 Å². The van der Waals surface area contributed by atoms with E-state index in [1.54, 1.807) is 24.3 Å². The van der Waals surface area contributed by atoms with Crippen molar-refractivity contribution in [1.82, 2.24) is 14.5 Å². The van der Waals surface area contributed by atoms with Gasteiger partial charge in [-0.2, -0.15) is 5.26 Å². The largest absolute Gasteiger partial charge is 0.350 e. The van der Waals surface area contributed by atoms with Crippen LogP contribution in [0.3, 0.4) is 0 Å². The van der Waals surface area contributed by atoms with Crippen molar-refractivity contribution in [2.75, 3.05) is 18.0 Å². The number of rotatable bonds is 6. The Morgan fingerprint density at radius 2 is 1.94 bits per heavy atom. The predicted octanol–water partition coefficient (Wildman–Crippen LogP) is 5.77. The summed E-state index contributed by atoms with van der Waals surface area (Å²) in [6.45, 7) is 6.17. The summed E-state index contributed by atoms with van der Waals surface area (Å²) >= 11 is 0.